The minimum absolute atomic E-state index is 0. The molecule has 3 aliphatic rings. The fourth-order valence-corrected chi connectivity index (χ4v) is 5.06. The maximum Gasteiger partial charge on any atom is 0.226 e. The van der Waals surface area contributed by atoms with E-state index in [0.29, 0.717) is 30.0 Å². The summed E-state index contributed by atoms with van der Waals surface area (Å²) in [7, 11) is 2.04. The number of rotatable bonds is 3. The lowest BCUT2D eigenvalue weighted by atomic mass is 9.98. The summed E-state index contributed by atoms with van der Waals surface area (Å²) >= 11 is 0. The number of hydrogen-bond donors (Lipinski definition) is 1. The van der Waals surface area contributed by atoms with Crippen LogP contribution in [0.25, 0.3) is 10.8 Å². The highest BCUT2D eigenvalue weighted by molar-refractivity contribution is 5.86. The summed E-state index contributed by atoms with van der Waals surface area (Å²) in [6, 6.07) is 16.9. The molecule has 2 saturated heterocycles. The number of hydrogen-bond acceptors (Lipinski definition) is 2. The van der Waals surface area contributed by atoms with Crippen molar-refractivity contribution in [3.63, 3.8) is 0 Å². The van der Waals surface area contributed by atoms with Gasteiger partial charge in [0, 0.05) is 31.1 Å². The van der Waals surface area contributed by atoms with Crippen LogP contribution in [0.5, 0.6) is 0 Å². The van der Waals surface area contributed by atoms with E-state index in [-0.39, 0.29) is 18.3 Å². The normalized spacial score (nSPS) is 32.1. The first-order valence-electron chi connectivity index (χ1n) is 9.70. The topological polar surface area (TPSA) is 32.3 Å². The first-order chi connectivity index (χ1) is 12.2. The monoisotopic (exact) mass is 370 g/mol. The van der Waals surface area contributed by atoms with Gasteiger partial charge < -0.3 is 10.2 Å². The van der Waals surface area contributed by atoms with Crippen molar-refractivity contribution < 1.29 is 4.79 Å². The van der Waals surface area contributed by atoms with Gasteiger partial charge in [-0.05, 0) is 54.4 Å². The Balaban J connectivity index is 0.00000168. The molecule has 138 valence electrons. The fourth-order valence-electron chi connectivity index (χ4n) is 5.06. The summed E-state index contributed by atoms with van der Waals surface area (Å²) in [6.45, 7) is 0. The Morgan fingerprint density at radius 1 is 1.00 bits per heavy atom. The van der Waals surface area contributed by atoms with E-state index in [4.69, 9.17) is 0 Å². The lowest BCUT2D eigenvalue weighted by Gasteiger charge is -2.35. The van der Waals surface area contributed by atoms with Gasteiger partial charge in [-0.3, -0.25) is 4.79 Å². The third-order valence-corrected chi connectivity index (χ3v) is 6.65. The summed E-state index contributed by atoms with van der Waals surface area (Å²) in [5, 5.41) is 6.23. The molecule has 5 rings (SSSR count). The smallest absolute Gasteiger partial charge is 0.226 e. The number of fused-ring (bicyclic) bond motifs is 3. The van der Waals surface area contributed by atoms with Crippen molar-refractivity contribution in [1.29, 1.82) is 0 Å². The number of piperidine rings is 1. The summed E-state index contributed by atoms with van der Waals surface area (Å²) in [6.07, 6.45) is 5.84. The predicted octanol–water partition coefficient (Wildman–Crippen LogP) is 4.11. The molecule has 2 aromatic carbocycles. The highest BCUT2D eigenvalue weighted by Gasteiger charge is 2.47. The largest absolute Gasteiger partial charge is 0.342 e. The van der Waals surface area contributed by atoms with Gasteiger partial charge in [0.05, 0.1) is 0 Å². The molecule has 0 radical (unpaired) electrons. The molecule has 4 atom stereocenters. The van der Waals surface area contributed by atoms with E-state index in [1.807, 2.05) is 7.05 Å². The van der Waals surface area contributed by atoms with Crippen molar-refractivity contribution in [2.45, 2.75) is 56.1 Å². The van der Waals surface area contributed by atoms with Gasteiger partial charge in [0.1, 0.15) is 0 Å². The molecule has 2 bridgehead atoms. The Bertz CT molecular complexity index is 811. The van der Waals surface area contributed by atoms with Crippen LogP contribution in [0.15, 0.2) is 42.5 Å². The summed E-state index contributed by atoms with van der Waals surface area (Å²) in [5.41, 5.74) is 1.33. The maximum atomic E-state index is 13.0. The Kier molecular flexibility index (Phi) is 4.70. The molecular weight excluding hydrogens is 344 g/mol. The fraction of sp³-hybridized carbons (Fsp3) is 0.500. The number of halogens is 1. The van der Waals surface area contributed by atoms with Crippen LogP contribution in [-0.4, -0.2) is 36.0 Å². The van der Waals surface area contributed by atoms with Gasteiger partial charge in [-0.25, -0.2) is 0 Å². The van der Waals surface area contributed by atoms with Crippen LogP contribution >= 0.6 is 12.4 Å². The Morgan fingerprint density at radius 3 is 2.42 bits per heavy atom. The Morgan fingerprint density at radius 2 is 1.69 bits per heavy atom. The molecule has 2 aliphatic heterocycles. The van der Waals surface area contributed by atoms with Crippen molar-refractivity contribution in [1.82, 2.24) is 10.2 Å². The molecule has 0 spiro atoms. The van der Waals surface area contributed by atoms with Crippen LogP contribution < -0.4 is 5.32 Å². The minimum atomic E-state index is 0. The lowest BCUT2D eigenvalue weighted by Crippen LogP contribution is -2.49. The van der Waals surface area contributed by atoms with Gasteiger partial charge in [0.25, 0.3) is 0 Å². The zero-order chi connectivity index (χ0) is 17.0. The number of nitrogens with zero attached hydrogens (tertiary/aromatic N) is 1. The van der Waals surface area contributed by atoms with Gasteiger partial charge in [-0.1, -0.05) is 42.5 Å². The quantitative estimate of drug-likeness (QED) is 0.881. The van der Waals surface area contributed by atoms with E-state index in [2.05, 4.69) is 52.7 Å². The zero-order valence-corrected chi connectivity index (χ0v) is 16.0. The number of benzene rings is 2. The summed E-state index contributed by atoms with van der Waals surface area (Å²) in [5.74, 6) is 0.973. The van der Waals surface area contributed by atoms with E-state index in [1.54, 1.807) is 0 Å². The first kappa shape index (κ1) is 17.8. The highest BCUT2D eigenvalue weighted by Crippen LogP contribution is 2.49. The van der Waals surface area contributed by atoms with Crippen LogP contribution in [-0.2, 0) is 4.79 Å². The van der Waals surface area contributed by atoms with Crippen LogP contribution in [0.2, 0.25) is 0 Å². The maximum absolute atomic E-state index is 13.0. The zero-order valence-electron chi connectivity index (χ0n) is 15.2. The number of amides is 1. The van der Waals surface area contributed by atoms with Crippen LogP contribution in [0.1, 0.15) is 43.6 Å². The van der Waals surface area contributed by atoms with Gasteiger partial charge >= 0.3 is 0 Å². The molecule has 0 aromatic heterocycles. The van der Waals surface area contributed by atoms with Crippen LogP contribution in [0.3, 0.4) is 0 Å². The minimum Gasteiger partial charge on any atom is -0.342 e. The molecule has 1 saturated carbocycles. The summed E-state index contributed by atoms with van der Waals surface area (Å²) < 4.78 is 0. The van der Waals surface area contributed by atoms with Crippen molar-refractivity contribution in [2.24, 2.45) is 5.92 Å². The third-order valence-electron chi connectivity index (χ3n) is 6.65. The van der Waals surface area contributed by atoms with Crippen molar-refractivity contribution >= 4 is 29.1 Å². The Hall–Kier alpha value is -1.58. The third kappa shape index (κ3) is 3.12. The van der Waals surface area contributed by atoms with Crippen molar-refractivity contribution in [2.75, 3.05) is 7.05 Å². The van der Waals surface area contributed by atoms with E-state index in [9.17, 15) is 4.79 Å². The van der Waals surface area contributed by atoms with Crippen molar-refractivity contribution in [3.8, 4) is 0 Å². The van der Waals surface area contributed by atoms with Crippen LogP contribution in [0.4, 0.5) is 0 Å². The summed E-state index contributed by atoms with van der Waals surface area (Å²) in [4.78, 5) is 15.1. The molecule has 4 heteroatoms. The average Bonchev–Trinajstić information content (AvgIpc) is 3.38. The molecular formula is C22H27ClN2O. The van der Waals surface area contributed by atoms with E-state index < -0.39 is 0 Å². The second-order valence-corrected chi connectivity index (χ2v) is 8.27. The number of carbonyl (C=O) groups excluding carboxylic acids is 1. The second kappa shape index (κ2) is 6.86. The van der Waals surface area contributed by atoms with Crippen LogP contribution in [0, 0.1) is 5.92 Å². The van der Waals surface area contributed by atoms with E-state index in [1.165, 1.54) is 29.2 Å². The predicted molar refractivity (Wildman–Crippen MR) is 108 cm³/mol. The lowest BCUT2D eigenvalue weighted by molar-refractivity contribution is -0.134. The van der Waals surface area contributed by atoms with Gasteiger partial charge in [-0.2, -0.15) is 0 Å². The molecule has 2 heterocycles. The standard InChI is InChI=1S/C22H26N2O.ClH/c1-24(19-11-17-8-9-18(12-19)23-17)22(25)21-13-20(21)16-7-6-14-4-2-3-5-15(14)10-16;/h2-7,10,17-21,23H,8-9,11-13H2,1H3;1H. The van der Waals surface area contributed by atoms with Gasteiger partial charge in [0.15, 0.2) is 0 Å². The number of nitrogens with one attached hydrogen (secondary N) is 1. The molecule has 2 aromatic rings. The molecule has 1 aliphatic carbocycles. The van der Waals surface area contributed by atoms with Gasteiger partial charge in [-0.15, -0.1) is 12.4 Å². The average molecular weight is 371 g/mol. The van der Waals surface area contributed by atoms with E-state index >= 15 is 0 Å². The first-order valence-corrected chi connectivity index (χ1v) is 9.70. The molecule has 26 heavy (non-hydrogen) atoms. The highest BCUT2D eigenvalue weighted by atomic mass is 35.5. The van der Waals surface area contributed by atoms with E-state index in [0.717, 1.165) is 19.3 Å². The van der Waals surface area contributed by atoms with Gasteiger partial charge in [0.2, 0.25) is 5.91 Å². The molecule has 1 N–H and O–H groups in total. The van der Waals surface area contributed by atoms with Crippen molar-refractivity contribution in [3.05, 3.63) is 48.0 Å². The molecule has 3 fully saturated rings. The number of carbonyl (C=O) groups is 1. The molecule has 4 unspecified atom stereocenters. The Labute approximate surface area is 161 Å². The second-order valence-electron chi connectivity index (χ2n) is 8.27. The SMILES string of the molecule is CN(C(=O)C1CC1c1ccc2ccccc2c1)C1CC2CCC(C1)N2.Cl. The molecule has 1 amide bonds. The molecule has 3 nitrogen and oxygen atoms in total.